The number of benzene rings is 1. The Morgan fingerprint density at radius 1 is 1.31 bits per heavy atom. The Labute approximate surface area is 107 Å². The first-order valence-electron chi connectivity index (χ1n) is 6.19. The molecule has 2 heteroatoms. The van der Waals surface area contributed by atoms with Crippen molar-refractivity contribution in [2.24, 2.45) is 5.92 Å². The lowest BCUT2D eigenvalue weighted by atomic mass is 9.99. The first kappa shape index (κ1) is 12.0. The van der Waals surface area contributed by atoms with E-state index in [1.165, 1.54) is 36.9 Å². The molecule has 0 bridgehead atoms. The van der Waals surface area contributed by atoms with Gasteiger partial charge in [-0.15, -0.1) is 0 Å². The lowest BCUT2D eigenvalue weighted by Crippen LogP contribution is -2.24. The van der Waals surface area contributed by atoms with Crippen molar-refractivity contribution in [2.45, 2.75) is 45.6 Å². The van der Waals surface area contributed by atoms with Gasteiger partial charge < -0.3 is 5.32 Å². The molecule has 1 fully saturated rings. The third-order valence-electron chi connectivity index (χ3n) is 3.69. The Bertz CT molecular complexity index is 356. The molecule has 1 saturated carbocycles. The number of anilines is 1. The van der Waals surface area contributed by atoms with Crippen molar-refractivity contribution in [3.8, 4) is 0 Å². The zero-order valence-electron chi connectivity index (χ0n) is 10.1. The van der Waals surface area contributed by atoms with Gasteiger partial charge in [-0.25, -0.2) is 0 Å². The van der Waals surface area contributed by atoms with Gasteiger partial charge in [0, 0.05) is 16.2 Å². The van der Waals surface area contributed by atoms with E-state index in [2.05, 4.69) is 53.3 Å². The fourth-order valence-corrected chi connectivity index (χ4v) is 2.93. The van der Waals surface area contributed by atoms with Crippen molar-refractivity contribution in [2.75, 3.05) is 5.32 Å². The fourth-order valence-electron chi connectivity index (χ4n) is 2.57. The van der Waals surface area contributed by atoms with Crippen LogP contribution in [0.4, 0.5) is 5.69 Å². The Morgan fingerprint density at radius 3 is 2.69 bits per heavy atom. The monoisotopic (exact) mass is 281 g/mol. The maximum atomic E-state index is 3.66. The van der Waals surface area contributed by atoms with Crippen molar-refractivity contribution in [1.82, 2.24) is 0 Å². The molecule has 0 saturated heterocycles. The molecule has 1 unspecified atom stereocenters. The van der Waals surface area contributed by atoms with Crippen LogP contribution in [0.2, 0.25) is 0 Å². The van der Waals surface area contributed by atoms with Crippen LogP contribution in [0.3, 0.4) is 0 Å². The molecule has 0 heterocycles. The average molecular weight is 282 g/mol. The summed E-state index contributed by atoms with van der Waals surface area (Å²) in [4.78, 5) is 0. The second-order valence-corrected chi connectivity index (χ2v) is 5.85. The number of hydrogen-bond acceptors (Lipinski definition) is 1. The van der Waals surface area contributed by atoms with Crippen molar-refractivity contribution in [1.29, 1.82) is 0 Å². The predicted molar refractivity (Wildman–Crippen MR) is 73.9 cm³/mol. The molecule has 0 amide bonds. The van der Waals surface area contributed by atoms with E-state index >= 15 is 0 Å². The van der Waals surface area contributed by atoms with Crippen molar-refractivity contribution in [3.63, 3.8) is 0 Å². The molecule has 0 aliphatic heterocycles. The average Bonchev–Trinajstić information content (AvgIpc) is 2.76. The number of nitrogens with one attached hydrogen (secondary N) is 1. The Hall–Kier alpha value is -0.500. The number of aryl methyl sites for hydroxylation is 1. The number of rotatable bonds is 3. The molecule has 0 aromatic heterocycles. The summed E-state index contributed by atoms with van der Waals surface area (Å²) in [7, 11) is 0. The van der Waals surface area contributed by atoms with Gasteiger partial charge in [-0.3, -0.25) is 0 Å². The van der Waals surface area contributed by atoms with Gasteiger partial charge in [0.1, 0.15) is 0 Å². The van der Waals surface area contributed by atoms with Crippen molar-refractivity contribution in [3.05, 3.63) is 28.2 Å². The second-order valence-electron chi connectivity index (χ2n) is 4.94. The maximum absolute atomic E-state index is 3.66. The van der Waals surface area contributed by atoms with E-state index in [9.17, 15) is 0 Å². The number of halogens is 1. The van der Waals surface area contributed by atoms with Gasteiger partial charge >= 0.3 is 0 Å². The lowest BCUT2D eigenvalue weighted by Gasteiger charge is -2.22. The molecule has 2 rings (SSSR count). The van der Waals surface area contributed by atoms with Gasteiger partial charge in [0.2, 0.25) is 0 Å². The standard InChI is InChI=1S/C14H20BrN/c1-10-7-8-13(15)9-14(10)16-11(2)12-5-3-4-6-12/h7-9,11-12,16H,3-6H2,1-2H3. The lowest BCUT2D eigenvalue weighted by molar-refractivity contribution is 0.482. The number of hydrogen-bond donors (Lipinski definition) is 1. The summed E-state index contributed by atoms with van der Waals surface area (Å²) >= 11 is 3.53. The Balaban J connectivity index is 2.04. The molecule has 1 aromatic rings. The fraction of sp³-hybridized carbons (Fsp3) is 0.571. The van der Waals surface area contributed by atoms with Crippen LogP contribution in [0, 0.1) is 12.8 Å². The SMILES string of the molecule is Cc1ccc(Br)cc1NC(C)C1CCCC1. The van der Waals surface area contributed by atoms with Gasteiger partial charge in [0.05, 0.1) is 0 Å². The van der Waals surface area contributed by atoms with E-state index in [1.54, 1.807) is 0 Å². The summed E-state index contributed by atoms with van der Waals surface area (Å²) in [6, 6.07) is 7.03. The van der Waals surface area contributed by atoms with Crippen LogP contribution in [0.1, 0.15) is 38.2 Å². The van der Waals surface area contributed by atoms with E-state index in [4.69, 9.17) is 0 Å². The van der Waals surface area contributed by atoms with Crippen LogP contribution in [0.5, 0.6) is 0 Å². The highest BCUT2D eigenvalue weighted by Crippen LogP contribution is 2.30. The molecule has 88 valence electrons. The Morgan fingerprint density at radius 2 is 2.00 bits per heavy atom. The first-order chi connectivity index (χ1) is 7.66. The zero-order valence-corrected chi connectivity index (χ0v) is 11.7. The summed E-state index contributed by atoms with van der Waals surface area (Å²) in [5.74, 6) is 0.860. The largest absolute Gasteiger partial charge is 0.382 e. The van der Waals surface area contributed by atoms with E-state index in [0.717, 1.165) is 10.4 Å². The highest BCUT2D eigenvalue weighted by atomic mass is 79.9. The molecule has 1 atom stereocenters. The van der Waals surface area contributed by atoms with E-state index in [-0.39, 0.29) is 0 Å². The quantitative estimate of drug-likeness (QED) is 0.843. The van der Waals surface area contributed by atoms with Gasteiger partial charge in [0.15, 0.2) is 0 Å². The van der Waals surface area contributed by atoms with Gasteiger partial charge in [0.25, 0.3) is 0 Å². The van der Waals surface area contributed by atoms with Crippen LogP contribution in [0.15, 0.2) is 22.7 Å². The van der Waals surface area contributed by atoms with Gasteiger partial charge in [-0.2, -0.15) is 0 Å². The third kappa shape index (κ3) is 2.79. The minimum atomic E-state index is 0.593. The van der Waals surface area contributed by atoms with Crippen molar-refractivity contribution >= 4 is 21.6 Å². The van der Waals surface area contributed by atoms with Gasteiger partial charge in [-0.1, -0.05) is 34.8 Å². The molecule has 1 N–H and O–H groups in total. The van der Waals surface area contributed by atoms with E-state index in [0.29, 0.717) is 6.04 Å². The van der Waals surface area contributed by atoms with Crippen LogP contribution >= 0.6 is 15.9 Å². The van der Waals surface area contributed by atoms with Crippen molar-refractivity contribution < 1.29 is 0 Å². The van der Waals surface area contributed by atoms with Crippen LogP contribution in [-0.4, -0.2) is 6.04 Å². The summed E-state index contributed by atoms with van der Waals surface area (Å²) in [5, 5.41) is 3.66. The molecule has 1 nitrogen and oxygen atoms in total. The summed E-state index contributed by atoms with van der Waals surface area (Å²) in [6.07, 6.45) is 5.60. The maximum Gasteiger partial charge on any atom is 0.0383 e. The molecular weight excluding hydrogens is 262 g/mol. The molecule has 1 aromatic carbocycles. The highest BCUT2D eigenvalue weighted by Gasteiger charge is 2.21. The van der Waals surface area contributed by atoms with E-state index < -0.39 is 0 Å². The van der Waals surface area contributed by atoms with Gasteiger partial charge in [-0.05, 0) is 50.3 Å². The zero-order chi connectivity index (χ0) is 11.5. The molecular formula is C14H20BrN. The predicted octanol–water partition coefficient (Wildman–Crippen LogP) is 4.75. The molecule has 1 aliphatic rings. The van der Waals surface area contributed by atoms with E-state index in [1.807, 2.05) is 0 Å². The molecule has 16 heavy (non-hydrogen) atoms. The minimum absolute atomic E-state index is 0.593. The van der Waals surface area contributed by atoms with Crippen LogP contribution in [0.25, 0.3) is 0 Å². The topological polar surface area (TPSA) is 12.0 Å². The summed E-state index contributed by atoms with van der Waals surface area (Å²) in [6.45, 7) is 4.48. The summed E-state index contributed by atoms with van der Waals surface area (Å²) < 4.78 is 1.15. The first-order valence-corrected chi connectivity index (χ1v) is 6.99. The van der Waals surface area contributed by atoms with Crippen LogP contribution in [-0.2, 0) is 0 Å². The van der Waals surface area contributed by atoms with Crippen LogP contribution < -0.4 is 5.32 Å². The highest BCUT2D eigenvalue weighted by molar-refractivity contribution is 9.10. The molecule has 1 aliphatic carbocycles. The normalized spacial score (nSPS) is 18.7. The summed E-state index contributed by atoms with van der Waals surface area (Å²) in [5.41, 5.74) is 2.60. The molecule has 0 spiro atoms. The smallest absolute Gasteiger partial charge is 0.0383 e. The second kappa shape index (κ2) is 5.22. The molecule has 0 radical (unpaired) electrons. The minimum Gasteiger partial charge on any atom is -0.382 e. The Kier molecular flexibility index (Phi) is 3.91. The third-order valence-corrected chi connectivity index (χ3v) is 4.18.